The van der Waals surface area contributed by atoms with E-state index in [1.165, 1.54) is 36.4 Å². The number of hydrogen-bond acceptors (Lipinski definition) is 11. The Morgan fingerprint density at radius 2 is 1.82 bits per heavy atom. The van der Waals surface area contributed by atoms with E-state index >= 15 is 4.39 Å². The number of hydrogen-bond donors (Lipinski definition) is 3. The Balaban J connectivity index is 1.26. The molecule has 0 radical (unpaired) electrons. The molecule has 9 atom stereocenters. The normalized spacial score (nSPS) is 40.1. The molecule has 1 aromatic rings. The van der Waals surface area contributed by atoms with Crippen molar-refractivity contribution in [3.8, 4) is 0 Å². The lowest BCUT2D eigenvalue weighted by atomic mass is 9.46. The van der Waals surface area contributed by atoms with Crippen molar-refractivity contribution in [3.63, 3.8) is 0 Å². The fourth-order valence-corrected chi connectivity index (χ4v) is 9.12. The highest BCUT2D eigenvalue weighted by atomic mass is 19.1. The molecule has 3 saturated carbocycles. The Bertz CT molecular complexity index is 1420. The summed E-state index contributed by atoms with van der Waals surface area (Å²) in [5, 5.41) is 28.8. The Hall–Kier alpha value is -2.84. The molecule has 1 saturated heterocycles. The zero-order valence-corrected chi connectivity index (χ0v) is 25.1. The minimum Gasteiger partial charge on any atom is -0.454 e. The van der Waals surface area contributed by atoms with Gasteiger partial charge in [0.25, 0.3) is 0 Å². The van der Waals surface area contributed by atoms with Gasteiger partial charge in [-0.2, -0.15) is 0 Å². The van der Waals surface area contributed by atoms with Crippen LogP contribution in [0, 0.1) is 28.6 Å². The molecule has 44 heavy (non-hydrogen) atoms. The van der Waals surface area contributed by atoms with Crippen LogP contribution >= 0.6 is 0 Å². The molecule has 0 amide bonds. The fourth-order valence-electron chi connectivity index (χ4n) is 9.12. The lowest BCUT2D eigenvalue weighted by molar-refractivity contribution is -0.497. The van der Waals surface area contributed by atoms with Crippen LogP contribution in [0.5, 0.6) is 0 Å². The molecule has 6 rings (SSSR count). The third kappa shape index (κ3) is 4.70. The average molecular weight is 616 g/mol. The van der Waals surface area contributed by atoms with Gasteiger partial charge in [-0.1, -0.05) is 32.1 Å². The summed E-state index contributed by atoms with van der Waals surface area (Å²) in [6, 6.07) is 6.00. The number of ether oxygens (including phenoxy) is 3. The van der Waals surface area contributed by atoms with Crippen molar-refractivity contribution in [1.82, 2.24) is 5.39 Å². The van der Waals surface area contributed by atoms with Crippen molar-refractivity contribution in [1.29, 1.82) is 0 Å². The van der Waals surface area contributed by atoms with Gasteiger partial charge in [-0.05, 0) is 80.4 Å². The minimum atomic E-state index is -1.55. The van der Waals surface area contributed by atoms with Crippen molar-refractivity contribution < 1.29 is 53.3 Å². The lowest BCUT2D eigenvalue weighted by Crippen LogP contribution is -2.64. The highest BCUT2D eigenvalue weighted by molar-refractivity contribution is 6.01. The average Bonchev–Trinajstić information content (AvgIpc) is 3.36. The highest BCUT2D eigenvalue weighted by Crippen LogP contribution is 2.70. The predicted molar refractivity (Wildman–Crippen MR) is 148 cm³/mol. The van der Waals surface area contributed by atoms with Crippen molar-refractivity contribution in [2.24, 2.45) is 28.6 Å². The zero-order chi connectivity index (χ0) is 31.8. The van der Waals surface area contributed by atoms with Crippen LogP contribution in [0.25, 0.3) is 0 Å². The molecular formula is C32H38FNO10. The number of allylic oxidation sites excluding steroid dienone is 4. The Morgan fingerprint density at radius 1 is 1.11 bits per heavy atom. The SMILES string of the molecule is CC1(C)O[C@@H]2CC3C4C[C@H](F)C5=CC(=O)C=C[C@]5(C)C4[C@@H](O)C[C@]3(C)[C@]2(C(=O)COC(=O)c2ccc(CON(O)O)cc2)O1. The molecule has 11 nitrogen and oxygen atoms in total. The minimum absolute atomic E-state index is 0.107. The largest absolute Gasteiger partial charge is 0.454 e. The molecule has 0 spiro atoms. The number of aliphatic hydroxyl groups excluding tert-OH is 1. The monoisotopic (exact) mass is 615 g/mol. The molecule has 1 aliphatic heterocycles. The molecule has 0 aromatic heterocycles. The number of Topliss-reactive ketones (excluding diaryl/α,β-unsaturated/α-hetero) is 1. The van der Waals surface area contributed by atoms with Gasteiger partial charge in [-0.15, -0.1) is 0 Å². The van der Waals surface area contributed by atoms with E-state index in [9.17, 15) is 19.5 Å². The summed E-state index contributed by atoms with van der Waals surface area (Å²) in [6.45, 7) is 6.44. The lowest BCUT2D eigenvalue weighted by Gasteiger charge is -2.60. The third-order valence-corrected chi connectivity index (χ3v) is 10.8. The van der Waals surface area contributed by atoms with Crippen LogP contribution in [0.4, 0.5) is 4.39 Å². The van der Waals surface area contributed by atoms with Crippen LogP contribution in [0.1, 0.15) is 62.9 Å². The van der Waals surface area contributed by atoms with Crippen LogP contribution in [-0.2, 0) is 35.2 Å². The molecule has 5 aliphatic rings. The summed E-state index contributed by atoms with van der Waals surface area (Å²) in [5.41, 5.74) is -2.24. The topological polar surface area (TPSA) is 152 Å². The number of carbonyl (C=O) groups is 3. The van der Waals surface area contributed by atoms with Crippen LogP contribution in [0.15, 0.2) is 48.1 Å². The molecule has 4 fully saturated rings. The summed E-state index contributed by atoms with van der Waals surface area (Å²) >= 11 is 0. The summed E-state index contributed by atoms with van der Waals surface area (Å²) < 4.78 is 34.1. The van der Waals surface area contributed by atoms with Crippen molar-refractivity contribution in [2.75, 3.05) is 6.61 Å². The second-order valence-electron chi connectivity index (χ2n) is 13.6. The van der Waals surface area contributed by atoms with Crippen LogP contribution < -0.4 is 0 Å². The third-order valence-electron chi connectivity index (χ3n) is 10.8. The van der Waals surface area contributed by atoms with Gasteiger partial charge in [0.1, 0.15) is 6.17 Å². The first kappa shape index (κ1) is 31.2. The molecular weight excluding hydrogens is 577 g/mol. The number of rotatable bonds is 7. The molecule has 4 aliphatic carbocycles. The van der Waals surface area contributed by atoms with Gasteiger partial charge >= 0.3 is 5.97 Å². The molecule has 12 heteroatoms. The Kier molecular flexibility index (Phi) is 7.52. The number of aliphatic hydroxyl groups is 1. The second kappa shape index (κ2) is 10.6. The van der Waals surface area contributed by atoms with Gasteiger partial charge in [0.15, 0.2) is 23.8 Å². The van der Waals surface area contributed by atoms with Crippen LogP contribution in [-0.4, -0.2) is 74.8 Å². The van der Waals surface area contributed by atoms with E-state index in [-0.39, 0.29) is 48.5 Å². The number of carbonyl (C=O) groups excluding carboxylic acids is 3. The second-order valence-corrected chi connectivity index (χ2v) is 13.6. The van der Waals surface area contributed by atoms with Gasteiger partial charge in [0, 0.05) is 16.7 Å². The zero-order valence-electron chi connectivity index (χ0n) is 25.1. The Labute approximate surface area is 254 Å². The maximum absolute atomic E-state index is 15.8. The quantitative estimate of drug-likeness (QED) is 0.304. The number of fused-ring (bicyclic) bond motifs is 7. The van der Waals surface area contributed by atoms with Gasteiger partial charge in [0.05, 0.1) is 29.8 Å². The molecule has 3 N–H and O–H groups in total. The molecule has 3 unspecified atom stereocenters. The molecule has 1 aromatic carbocycles. The Morgan fingerprint density at radius 3 is 2.50 bits per heavy atom. The van der Waals surface area contributed by atoms with E-state index in [4.69, 9.17) is 24.6 Å². The molecule has 238 valence electrons. The number of ketones is 2. The molecule has 0 bridgehead atoms. The van der Waals surface area contributed by atoms with Crippen LogP contribution in [0.2, 0.25) is 0 Å². The van der Waals surface area contributed by atoms with E-state index in [0.29, 0.717) is 17.6 Å². The number of esters is 1. The smallest absolute Gasteiger partial charge is 0.338 e. The van der Waals surface area contributed by atoms with Gasteiger partial charge < -0.3 is 19.3 Å². The maximum atomic E-state index is 15.8. The van der Waals surface area contributed by atoms with E-state index in [2.05, 4.69) is 4.84 Å². The van der Waals surface area contributed by atoms with E-state index in [0.717, 1.165) is 0 Å². The highest BCUT2D eigenvalue weighted by Gasteiger charge is 2.77. The fraction of sp³-hybridized carbons (Fsp3) is 0.594. The van der Waals surface area contributed by atoms with Crippen LogP contribution in [0.3, 0.4) is 0 Å². The first-order chi connectivity index (χ1) is 20.6. The van der Waals surface area contributed by atoms with E-state index < -0.39 is 64.3 Å². The van der Waals surface area contributed by atoms with Crippen molar-refractivity contribution in [3.05, 3.63) is 59.2 Å². The van der Waals surface area contributed by atoms with E-state index in [1.807, 2.05) is 13.8 Å². The standard InChI is InChI=1S/C32H38FNO10/c1-29(2)43-26-13-21-20-12-23(33)22-11-19(35)9-10-30(22,3)27(20)24(36)14-31(21,4)32(26,44-29)25(37)16-41-28(38)18-7-5-17(6-8-18)15-42-34(39)40/h5-11,20-21,23-24,26-27,36,39-40H,12-16H2,1-4H3/t20?,21?,23-,24-,26+,27?,30-,31-,32+/m0/s1. The number of halogens is 1. The summed E-state index contributed by atoms with van der Waals surface area (Å²) in [6.07, 6.45) is 2.21. The summed E-state index contributed by atoms with van der Waals surface area (Å²) in [4.78, 5) is 43.8. The predicted octanol–water partition coefficient (Wildman–Crippen LogP) is 3.65. The maximum Gasteiger partial charge on any atom is 0.338 e. The first-order valence-corrected chi connectivity index (χ1v) is 14.9. The van der Waals surface area contributed by atoms with Gasteiger partial charge in [0.2, 0.25) is 5.78 Å². The summed E-state index contributed by atoms with van der Waals surface area (Å²) in [7, 11) is 0. The number of alkyl halides is 1. The van der Waals surface area contributed by atoms with Gasteiger partial charge in [-0.25, -0.2) is 14.0 Å². The number of nitrogens with zero attached hydrogens (tertiary/aromatic N) is 1. The van der Waals surface area contributed by atoms with Crippen molar-refractivity contribution >= 4 is 17.5 Å². The van der Waals surface area contributed by atoms with E-state index in [1.54, 1.807) is 19.9 Å². The first-order valence-electron chi connectivity index (χ1n) is 14.9. The summed E-state index contributed by atoms with van der Waals surface area (Å²) in [5.74, 6) is -3.57. The number of benzene rings is 1. The van der Waals surface area contributed by atoms with Crippen molar-refractivity contribution in [2.45, 2.75) is 83.3 Å². The van der Waals surface area contributed by atoms with Gasteiger partial charge in [-0.3, -0.25) is 20.0 Å². The molecule has 1 heterocycles.